The van der Waals surface area contributed by atoms with Crippen LogP contribution in [-0.4, -0.2) is 40.1 Å². The molecule has 0 saturated heterocycles. The number of nitrogens with zero attached hydrogens (tertiary/aromatic N) is 5. The average molecular weight is 522 g/mol. The third-order valence-corrected chi connectivity index (χ3v) is 8.50. The molecule has 1 aliphatic carbocycles. The van der Waals surface area contributed by atoms with E-state index in [0.717, 1.165) is 57.8 Å². The van der Waals surface area contributed by atoms with Crippen LogP contribution in [0.4, 0.5) is 5.69 Å². The Bertz CT molecular complexity index is 1580. The molecule has 1 fully saturated rings. The van der Waals surface area contributed by atoms with Crippen LogP contribution in [0.3, 0.4) is 0 Å². The van der Waals surface area contributed by atoms with Crippen molar-refractivity contribution in [2.75, 3.05) is 12.0 Å². The maximum absolute atomic E-state index is 11.6. The Balaban J connectivity index is 1.48. The molecular formula is C25H27N7O2S2. The second-order valence-corrected chi connectivity index (χ2v) is 12.0. The maximum Gasteiger partial charge on any atom is 0.208 e. The summed E-state index contributed by atoms with van der Waals surface area (Å²) < 4.78 is 29.7. The van der Waals surface area contributed by atoms with E-state index in [1.165, 1.54) is 18.0 Å². The molecule has 0 atom stereocenters. The molecule has 5 rings (SSSR count). The Kier molecular flexibility index (Phi) is 6.51. The zero-order valence-electron chi connectivity index (χ0n) is 20.0. The van der Waals surface area contributed by atoms with Crippen LogP contribution in [0.25, 0.3) is 16.6 Å². The molecule has 0 unspecified atom stereocenters. The lowest BCUT2D eigenvalue weighted by Gasteiger charge is -2.29. The van der Waals surface area contributed by atoms with Crippen molar-refractivity contribution in [3.63, 3.8) is 0 Å². The summed E-state index contributed by atoms with van der Waals surface area (Å²) in [6.07, 6.45) is 9.85. The lowest BCUT2D eigenvalue weighted by molar-refractivity contribution is 0.290. The molecule has 0 spiro atoms. The number of nitriles is 1. The van der Waals surface area contributed by atoms with Crippen molar-refractivity contribution >= 4 is 33.0 Å². The second kappa shape index (κ2) is 9.61. The standard InChI is InChI=1S/C25H27N7O2S2/c1-16-21(14-29-32(16)20-9-7-19(8-10-20)30-36(2,33)34)17-11-24(35-23-6-4-3-5-22(23)27)25-18(12-26)13-28-31(25)15-17/h3-6,11,13-15,19-20,30H,7-10,27H2,1-2H3. The van der Waals surface area contributed by atoms with Crippen molar-refractivity contribution in [2.24, 2.45) is 0 Å². The van der Waals surface area contributed by atoms with Gasteiger partial charge in [0, 0.05) is 44.5 Å². The third-order valence-electron chi connectivity index (χ3n) is 6.62. The Morgan fingerprint density at radius 2 is 1.89 bits per heavy atom. The highest BCUT2D eigenvalue weighted by Crippen LogP contribution is 2.39. The number of benzene rings is 1. The summed E-state index contributed by atoms with van der Waals surface area (Å²) in [5.41, 5.74) is 11.1. The first kappa shape index (κ1) is 24.4. The van der Waals surface area contributed by atoms with Gasteiger partial charge >= 0.3 is 0 Å². The number of anilines is 1. The highest BCUT2D eigenvalue weighted by Gasteiger charge is 2.26. The number of para-hydroxylation sites is 1. The fourth-order valence-corrected chi connectivity index (χ4v) is 6.80. The van der Waals surface area contributed by atoms with E-state index in [4.69, 9.17) is 10.8 Å². The van der Waals surface area contributed by atoms with Gasteiger partial charge in [-0.1, -0.05) is 23.9 Å². The van der Waals surface area contributed by atoms with Crippen LogP contribution >= 0.6 is 11.8 Å². The highest BCUT2D eigenvalue weighted by atomic mass is 32.2. The summed E-state index contributed by atoms with van der Waals surface area (Å²) in [4.78, 5) is 1.80. The van der Waals surface area contributed by atoms with Crippen LogP contribution < -0.4 is 10.5 Å². The van der Waals surface area contributed by atoms with E-state index < -0.39 is 10.0 Å². The van der Waals surface area contributed by atoms with Gasteiger partial charge in [-0.25, -0.2) is 17.7 Å². The minimum atomic E-state index is -3.20. The zero-order valence-corrected chi connectivity index (χ0v) is 21.7. The number of aromatic nitrogens is 4. The molecule has 0 amide bonds. The van der Waals surface area contributed by atoms with E-state index in [9.17, 15) is 13.7 Å². The fraction of sp³-hybridized carbons (Fsp3) is 0.320. The number of hydrogen-bond acceptors (Lipinski definition) is 7. The Morgan fingerprint density at radius 1 is 1.14 bits per heavy atom. The minimum Gasteiger partial charge on any atom is -0.398 e. The lowest BCUT2D eigenvalue weighted by Crippen LogP contribution is -2.37. The van der Waals surface area contributed by atoms with Crippen LogP contribution in [0, 0.1) is 18.3 Å². The van der Waals surface area contributed by atoms with Gasteiger partial charge in [-0.2, -0.15) is 15.5 Å². The third kappa shape index (κ3) is 4.84. The van der Waals surface area contributed by atoms with Crippen LogP contribution in [0.5, 0.6) is 0 Å². The zero-order chi connectivity index (χ0) is 25.4. The molecule has 186 valence electrons. The molecule has 3 heterocycles. The van der Waals surface area contributed by atoms with E-state index in [-0.39, 0.29) is 12.1 Å². The van der Waals surface area contributed by atoms with Gasteiger partial charge in [0.2, 0.25) is 10.0 Å². The predicted octanol–water partition coefficient (Wildman–Crippen LogP) is 4.14. The average Bonchev–Trinajstić information content (AvgIpc) is 3.43. The molecule has 1 saturated carbocycles. The number of nitrogens with one attached hydrogen (secondary N) is 1. The van der Waals surface area contributed by atoms with Crippen molar-refractivity contribution in [1.29, 1.82) is 5.26 Å². The Morgan fingerprint density at radius 3 is 2.58 bits per heavy atom. The molecule has 11 heteroatoms. The monoisotopic (exact) mass is 521 g/mol. The van der Waals surface area contributed by atoms with E-state index in [1.54, 1.807) is 10.7 Å². The molecule has 9 nitrogen and oxygen atoms in total. The molecule has 3 aromatic heterocycles. The summed E-state index contributed by atoms with van der Waals surface area (Å²) in [5.74, 6) is 0. The first-order valence-corrected chi connectivity index (χ1v) is 14.4. The first-order valence-electron chi connectivity index (χ1n) is 11.7. The molecule has 0 aliphatic heterocycles. The number of nitrogens with two attached hydrogens (primary N) is 1. The SMILES string of the molecule is Cc1c(-c2cc(Sc3ccccc3N)c3c(C#N)cnn3c2)cnn1C1CCC(NS(C)(=O)=O)CC1. The van der Waals surface area contributed by atoms with Crippen molar-refractivity contribution in [3.8, 4) is 17.2 Å². The van der Waals surface area contributed by atoms with E-state index >= 15 is 0 Å². The molecule has 1 aliphatic rings. The molecule has 1 aromatic carbocycles. The van der Waals surface area contributed by atoms with Gasteiger partial charge in [0.25, 0.3) is 0 Å². The number of nitrogen functional groups attached to an aromatic ring is 1. The predicted molar refractivity (Wildman–Crippen MR) is 140 cm³/mol. The second-order valence-electron chi connectivity index (χ2n) is 9.18. The van der Waals surface area contributed by atoms with E-state index in [0.29, 0.717) is 11.3 Å². The summed E-state index contributed by atoms with van der Waals surface area (Å²) in [6.45, 7) is 2.05. The summed E-state index contributed by atoms with van der Waals surface area (Å²) in [5, 5.41) is 18.8. The van der Waals surface area contributed by atoms with E-state index in [1.807, 2.05) is 36.7 Å². The molecular weight excluding hydrogens is 494 g/mol. The minimum absolute atomic E-state index is 0.0202. The number of rotatable bonds is 6. The molecule has 4 aromatic rings. The first-order chi connectivity index (χ1) is 17.2. The molecule has 3 N–H and O–H groups in total. The maximum atomic E-state index is 11.6. The van der Waals surface area contributed by atoms with Gasteiger partial charge in [-0.3, -0.25) is 4.68 Å². The number of pyridine rings is 1. The lowest BCUT2D eigenvalue weighted by atomic mass is 9.91. The van der Waals surface area contributed by atoms with Crippen molar-refractivity contribution in [2.45, 2.75) is 54.5 Å². The van der Waals surface area contributed by atoms with Crippen molar-refractivity contribution in [1.82, 2.24) is 24.1 Å². The topological polar surface area (TPSA) is 131 Å². The Hall–Kier alpha value is -3.33. The van der Waals surface area contributed by atoms with Crippen LogP contribution in [-0.2, 0) is 10.0 Å². The van der Waals surface area contributed by atoms with Crippen LogP contribution in [0.2, 0.25) is 0 Å². The number of fused-ring (bicyclic) bond motifs is 1. The molecule has 0 bridgehead atoms. The van der Waals surface area contributed by atoms with Crippen LogP contribution in [0.1, 0.15) is 43.0 Å². The molecule has 36 heavy (non-hydrogen) atoms. The molecule has 0 radical (unpaired) electrons. The van der Waals surface area contributed by atoms with Crippen molar-refractivity contribution < 1.29 is 8.42 Å². The smallest absolute Gasteiger partial charge is 0.208 e. The number of sulfonamides is 1. The Labute approximate surface area is 214 Å². The van der Waals surface area contributed by atoms with Gasteiger partial charge in [0.15, 0.2) is 0 Å². The summed E-state index contributed by atoms with van der Waals surface area (Å²) >= 11 is 1.51. The highest BCUT2D eigenvalue weighted by molar-refractivity contribution is 7.99. The largest absolute Gasteiger partial charge is 0.398 e. The van der Waals surface area contributed by atoms with Gasteiger partial charge in [0.1, 0.15) is 6.07 Å². The van der Waals surface area contributed by atoms with Crippen LogP contribution in [0.15, 0.2) is 58.7 Å². The quantitative estimate of drug-likeness (QED) is 0.365. The van der Waals surface area contributed by atoms with Gasteiger partial charge in [0.05, 0.1) is 35.8 Å². The van der Waals surface area contributed by atoms with Gasteiger partial charge in [-0.15, -0.1) is 0 Å². The fourth-order valence-electron chi connectivity index (χ4n) is 4.90. The summed E-state index contributed by atoms with van der Waals surface area (Å²) in [6, 6.07) is 12.2. The van der Waals surface area contributed by atoms with Crippen molar-refractivity contribution in [3.05, 3.63) is 60.2 Å². The van der Waals surface area contributed by atoms with Gasteiger partial charge in [-0.05, 0) is 50.8 Å². The van der Waals surface area contributed by atoms with E-state index in [2.05, 4.69) is 33.6 Å². The van der Waals surface area contributed by atoms with Gasteiger partial charge < -0.3 is 5.73 Å². The normalized spacial score (nSPS) is 18.4. The number of hydrogen-bond donors (Lipinski definition) is 2. The summed E-state index contributed by atoms with van der Waals surface area (Å²) in [7, 11) is -3.20.